The summed E-state index contributed by atoms with van der Waals surface area (Å²) in [5.74, 6) is 0.0543. The number of amides is 1. The van der Waals surface area contributed by atoms with Crippen molar-refractivity contribution in [3.63, 3.8) is 0 Å². The van der Waals surface area contributed by atoms with Crippen LogP contribution in [0.4, 0.5) is 0 Å². The number of aromatic nitrogens is 5. The molecule has 1 aliphatic rings. The van der Waals surface area contributed by atoms with E-state index in [1.807, 2.05) is 40.2 Å². The molecule has 7 heteroatoms. The number of pyridine rings is 1. The Bertz CT molecular complexity index is 927. The number of carbonyl (C=O) groups excluding carboxylic acids is 1. The predicted octanol–water partition coefficient (Wildman–Crippen LogP) is 2.70. The molecule has 26 heavy (non-hydrogen) atoms. The van der Waals surface area contributed by atoms with E-state index in [9.17, 15) is 4.79 Å². The molecule has 1 aliphatic heterocycles. The number of nitrogens with zero attached hydrogens (tertiary/aromatic N) is 6. The fourth-order valence-electron chi connectivity index (χ4n) is 3.40. The number of likely N-dealkylation sites (tertiary alicyclic amines) is 1. The Kier molecular flexibility index (Phi) is 4.01. The van der Waals surface area contributed by atoms with Crippen molar-refractivity contribution in [3.8, 4) is 0 Å². The van der Waals surface area contributed by atoms with Gasteiger partial charge in [-0.3, -0.25) is 4.79 Å². The van der Waals surface area contributed by atoms with Gasteiger partial charge >= 0.3 is 0 Å². The molecule has 136 valence electrons. The van der Waals surface area contributed by atoms with E-state index in [0.29, 0.717) is 11.6 Å². The number of carbonyl (C=O) groups is 1. The third-order valence-electron chi connectivity index (χ3n) is 5.06. The lowest BCUT2D eigenvalue weighted by Crippen LogP contribution is -2.39. The van der Waals surface area contributed by atoms with Crippen molar-refractivity contribution in [2.45, 2.75) is 45.1 Å². The molecule has 0 unspecified atom stereocenters. The van der Waals surface area contributed by atoms with Crippen LogP contribution in [-0.2, 0) is 5.41 Å². The Morgan fingerprint density at radius 3 is 2.65 bits per heavy atom. The van der Waals surface area contributed by atoms with Gasteiger partial charge < -0.3 is 4.90 Å². The second kappa shape index (κ2) is 6.23. The molecule has 0 N–H and O–H groups in total. The lowest BCUT2D eigenvalue weighted by Gasteiger charge is -2.31. The first kappa shape index (κ1) is 16.8. The minimum atomic E-state index is -0.00156. The summed E-state index contributed by atoms with van der Waals surface area (Å²) in [6.07, 6.45) is 7.34. The van der Waals surface area contributed by atoms with Gasteiger partial charge in [0.1, 0.15) is 0 Å². The van der Waals surface area contributed by atoms with Gasteiger partial charge in [-0.2, -0.15) is 5.10 Å². The predicted molar refractivity (Wildman–Crippen MR) is 98.1 cm³/mol. The number of hydrogen-bond donors (Lipinski definition) is 0. The van der Waals surface area contributed by atoms with Crippen molar-refractivity contribution in [2.75, 3.05) is 13.1 Å². The van der Waals surface area contributed by atoms with E-state index in [4.69, 9.17) is 0 Å². The van der Waals surface area contributed by atoms with Crippen LogP contribution >= 0.6 is 0 Å². The number of piperidine rings is 1. The molecule has 0 atom stereocenters. The van der Waals surface area contributed by atoms with E-state index < -0.39 is 0 Å². The van der Waals surface area contributed by atoms with Gasteiger partial charge in [-0.05, 0) is 25.0 Å². The van der Waals surface area contributed by atoms with Crippen molar-refractivity contribution >= 4 is 11.4 Å². The maximum atomic E-state index is 12.9. The van der Waals surface area contributed by atoms with E-state index in [-0.39, 0.29) is 11.3 Å². The monoisotopic (exact) mass is 352 g/mol. The Morgan fingerprint density at radius 2 is 1.96 bits per heavy atom. The zero-order chi connectivity index (χ0) is 18.3. The first-order valence-corrected chi connectivity index (χ1v) is 9.07. The molecule has 0 radical (unpaired) electrons. The fourth-order valence-corrected chi connectivity index (χ4v) is 3.40. The standard InChI is InChI=1S/C19H24N6O/c1-19(2,3)17-13-25(22-21-17)14-7-10-23(11-8-14)18(26)15-12-20-24-9-5-4-6-16(15)24/h4-6,9,12-14H,7-8,10-11H2,1-3H3. The van der Waals surface area contributed by atoms with Gasteiger partial charge in [0.15, 0.2) is 0 Å². The molecular weight excluding hydrogens is 328 g/mol. The van der Waals surface area contributed by atoms with E-state index in [1.165, 1.54) is 0 Å². The zero-order valence-corrected chi connectivity index (χ0v) is 15.5. The smallest absolute Gasteiger partial charge is 0.257 e. The Hall–Kier alpha value is -2.70. The topological polar surface area (TPSA) is 68.3 Å². The molecule has 0 aliphatic carbocycles. The van der Waals surface area contributed by atoms with Gasteiger partial charge in [0, 0.05) is 30.9 Å². The molecule has 3 aromatic rings. The van der Waals surface area contributed by atoms with Gasteiger partial charge in [-0.25, -0.2) is 9.20 Å². The molecule has 1 amide bonds. The van der Waals surface area contributed by atoms with Crippen molar-refractivity contribution in [1.29, 1.82) is 0 Å². The van der Waals surface area contributed by atoms with Gasteiger partial charge in [0.05, 0.1) is 29.0 Å². The Morgan fingerprint density at radius 1 is 1.19 bits per heavy atom. The molecule has 0 bridgehead atoms. The first-order valence-electron chi connectivity index (χ1n) is 9.07. The van der Waals surface area contributed by atoms with Crippen molar-refractivity contribution in [2.24, 2.45) is 0 Å². The summed E-state index contributed by atoms with van der Waals surface area (Å²) in [7, 11) is 0. The number of rotatable bonds is 2. The highest BCUT2D eigenvalue weighted by atomic mass is 16.2. The van der Waals surface area contributed by atoms with E-state index >= 15 is 0 Å². The Balaban J connectivity index is 1.45. The van der Waals surface area contributed by atoms with Crippen molar-refractivity contribution < 1.29 is 4.79 Å². The summed E-state index contributed by atoms with van der Waals surface area (Å²) < 4.78 is 3.71. The van der Waals surface area contributed by atoms with Crippen LogP contribution in [0.25, 0.3) is 5.52 Å². The highest BCUT2D eigenvalue weighted by molar-refractivity contribution is 6.00. The van der Waals surface area contributed by atoms with Crippen LogP contribution < -0.4 is 0 Å². The van der Waals surface area contributed by atoms with Gasteiger partial charge in [0.2, 0.25) is 0 Å². The molecule has 1 saturated heterocycles. The first-order chi connectivity index (χ1) is 12.4. The summed E-state index contributed by atoms with van der Waals surface area (Å²) in [5.41, 5.74) is 2.52. The van der Waals surface area contributed by atoms with Crippen LogP contribution in [0, 0.1) is 0 Å². The van der Waals surface area contributed by atoms with Gasteiger partial charge in [0.25, 0.3) is 5.91 Å². The maximum Gasteiger partial charge on any atom is 0.257 e. The second-order valence-corrected chi connectivity index (χ2v) is 7.95. The van der Waals surface area contributed by atoms with Gasteiger partial charge in [-0.15, -0.1) is 5.10 Å². The molecule has 0 saturated carbocycles. The largest absolute Gasteiger partial charge is 0.338 e. The van der Waals surface area contributed by atoms with E-state index in [1.54, 1.807) is 10.7 Å². The lowest BCUT2D eigenvalue weighted by molar-refractivity contribution is 0.0691. The number of hydrogen-bond acceptors (Lipinski definition) is 4. The third-order valence-corrected chi connectivity index (χ3v) is 5.06. The Labute approximate surface area is 152 Å². The fraction of sp³-hybridized carbons (Fsp3) is 0.474. The summed E-state index contributed by atoms with van der Waals surface area (Å²) in [5, 5.41) is 12.9. The molecule has 4 heterocycles. The van der Waals surface area contributed by atoms with Crippen LogP contribution in [0.1, 0.15) is 55.7 Å². The molecule has 4 rings (SSSR count). The average molecular weight is 352 g/mol. The highest BCUT2D eigenvalue weighted by Gasteiger charge is 2.28. The summed E-state index contributed by atoms with van der Waals surface area (Å²) in [6.45, 7) is 7.85. The van der Waals surface area contributed by atoms with Crippen LogP contribution in [0.2, 0.25) is 0 Å². The zero-order valence-electron chi connectivity index (χ0n) is 15.5. The molecule has 0 aromatic carbocycles. The van der Waals surface area contributed by atoms with E-state index in [2.05, 4.69) is 36.2 Å². The minimum absolute atomic E-state index is 0.00156. The molecule has 1 fully saturated rings. The summed E-state index contributed by atoms with van der Waals surface area (Å²) in [6, 6.07) is 6.06. The van der Waals surface area contributed by atoms with Crippen LogP contribution in [0.3, 0.4) is 0 Å². The average Bonchev–Trinajstić information content (AvgIpc) is 3.28. The minimum Gasteiger partial charge on any atom is -0.338 e. The van der Waals surface area contributed by atoms with Crippen molar-refractivity contribution in [1.82, 2.24) is 29.5 Å². The van der Waals surface area contributed by atoms with Crippen molar-refractivity contribution in [3.05, 3.63) is 48.0 Å². The highest BCUT2D eigenvalue weighted by Crippen LogP contribution is 2.26. The van der Waals surface area contributed by atoms with E-state index in [0.717, 1.165) is 37.1 Å². The SMILES string of the molecule is CC(C)(C)c1cn(C2CCN(C(=O)c3cnn4ccccc34)CC2)nn1. The van der Waals surface area contributed by atoms with Crippen LogP contribution in [0.5, 0.6) is 0 Å². The lowest BCUT2D eigenvalue weighted by atomic mass is 9.93. The number of fused-ring (bicyclic) bond motifs is 1. The van der Waals surface area contributed by atoms with Crippen LogP contribution in [-0.4, -0.2) is 48.5 Å². The molecule has 0 spiro atoms. The summed E-state index contributed by atoms with van der Waals surface area (Å²) in [4.78, 5) is 14.8. The molecular formula is C19H24N6O. The second-order valence-electron chi connectivity index (χ2n) is 7.95. The normalized spacial score (nSPS) is 16.3. The van der Waals surface area contributed by atoms with Crippen LogP contribution in [0.15, 0.2) is 36.8 Å². The molecule has 3 aromatic heterocycles. The summed E-state index contributed by atoms with van der Waals surface area (Å²) >= 11 is 0. The quantitative estimate of drug-likeness (QED) is 0.711. The third kappa shape index (κ3) is 2.98. The van der Waals surface area contributed by atoms with Gasteiger partial charge in [-0.1, -0.05) is 32.1 Å². The maximum absolute atomic E-state index is 12.9. The molecule has 7 nitrogen and oxygen atoms in total.